The van der Waals surface area contributed by atoms with E-state index in [0.29, 0.717) is 0 Å². The molecule has 1 aromatic carbocycles. The van der Waals surface area contributed by atoms with Gasteiger partial charge in [0.15, 0.2) is 0 Å². The lowest BCUT2D eigenvalue weighted by molar-refractivity contribution is -0.137. The molecule has 0 spiro atoms. The molecule has 0 radical (unpaired) electrons. The highest BCUT2D eigenvalue weighted by molar-refractivity contribution is 6.63. The van der Waals surface area contributed by atoms with Crippen molar-refractivity contribution in [1.29, 1.82) is 0 Å². The SMILES string of the molecule is CC1(C)OB(c2ccccc2C(CC(=O)O)B2OC(C)(C)C(C)(C)O2)OC1(C)C. The van der Waals surface area contributed by atoms with Crippen LogP contribution in [0.5, 0.6) is 0 Å². The maximum absolute atomic E-state index is 11.7. The highest BCUT2D eigenvalue weighted by atomic mass is 16.7. The van der Waals surface area contributed by atoms with E-state index in [9.17, 15) is 9.90 Å². The molecule has 158 valence electrons. The molecular weight excluding hydrogens is 370 g/mol. The predicted octanol–water partition coefficient (Wildman–Crippen LogP) is 3.18. The molecule has 2 fully saturated rings. The number of benzene rings is 1. The summed E-state index contributed by atoms with van der Waals surface area (Å²) in [6.07, 6.45) is -0.118. The molecule has 8 heteroatoms. The van der Waals surface area contributed by atoms with E-state index in [4.69, 9.17) is 18.6 Å². The molecule has 2 saturated heterocycles. The quantitative estimate of drug-likeness (QED) is 0.763. The fourth-order valence-electron chi connectivity index (χ4n) is 3.63. The Kier molecular flexibility index (Phi) is 5.49. The monoisotopic (exact) mass is 402 g/mol. The smallest absolute Gasteiger partial charge is 0.481 e. The number of carboxylic acid groups (broad SMARTS) is 1. The molecule has 6 nitrogen and oxygen atoms in total. The summed E-state index contributed by atoms with van der Waals surface area (Å²) in [6.45, 7) is 15.8. The Balaban J connectivity index is 2.00. The summed E-state index contributed by atoms with van der Waals surface area (Å²) in [5.74, 6) is -1.41. The highest BCUT2D eigenvalue weighted by Gasteiger charge is 2.56. The van der Waals surface area contributed by atoms with Crippen molar-refractivity contribution in [3.05, 3.63) is 29.8 Å². The molecule has 1 aromatic rings. The lowest BCUT2D eigenvalue weighted by Crippen LogP contribution is -2.41. The van der Waals surface area contributed by atoms with Crippen LogP contribution < -0.4 is 5.46 Å². The van der Waals surface area contributed by atoms with Crippen molar-refractivity contribution < 1.29 is 28.5 Å². The highest BCUT2D eigenvalue weighted by Crippen LogP contribution is 2.42. The van der Waals surface area contributed by atoms with Gasteiger partial charge in [0.25, 0.3) is 0 Å². The summed E-state index contributed by atoms with van der Waals surface area (Å²) < 4.78 is 24.9. The molecule has 2 heterocycles. The summed E-state index contributed by atoms with van der Waals surface area (Å²) in [7, 11) is -1.27. The van der Waals surface area contributed by atoms with Crippen LogP contribution in [-0.2, 0) is 23.4 Å². The number of carbonyl (C=O) groups is 1. The van der Waals surface area contributed by atoms with Crippen molar-refractivity contribution in [2.45, 2.75) is 90.0 Å². The van der Waals surface area contributed by atoms with Gasteiger partial charge in [-0.15, -0.1) is 0 Å². The zero-order valence-corrected chi connectivity index (χ0v) is 18.7. The van der Waals surface area contributed by atoms with Gasteiger partial charge in [0.2, 0.25) is 0 Å². The minimum Gasteiger partial charge on any atom is -0.481 e. The van der Waals surface area contributed by atoms with Gasteiger partial charge < -0.3 is 23.7 Å². The van der Waals surface area contributed by atoms with Gasteiger partial charge in [-0.25, -0.2) is 0 Å². The molecule has 1 atom stereocenters. The molecule has 1 N–H and O–H groups in total. The van der Waals surface area contributed by atoms with Crippen molar-refractivity contribution in [1.82, 2.24) is 0 Å². The van der Waals surface area contributed by atoms with Gasteiger partial charge in [-0.2, -0.15) is 0 Å². The fourth-order valence-corrected chi connectivity index (χ4v) is 3.63. The number of aliphatic carboxylic acids is 1. The van der Waals surface area contributed by atoms with E-state index in [-0.39, 0.29) is 6.42 Å². The summed E-state index contributed by atoms with van der Waals surface area (Å²) in [6, 6.07) is 7.65. The lowest BCUT2D eigenvalue weighted by Gasteiger charge is -2.32. The van der Waals surface area contributed by atoms with Crippen molar-refractivity contribution >= 4 is 25.7 Å². The Labute approximate surface area is 174 Å². The average Bonchev–Trinajstić information content (AvgIpc) is 2.92. The lowest BCUT2D eigenvalue weighted by atomic mass is 9.61. The second-order valence-electron chi connectivity index (χ2n) is 10.0. The first kappa shape index (κ1) is 22.3. The van der Waals surface area contributed by atoms with Gasteiger partial charge in [0.1, 0.15) is 0 Å². The molecule has 1 unspecified atom stereocenters. The Hall–Kier alpha value is -1.34. The number of hydrogen-bond acceptors (Lipinski definition) is 5. The van der Waals surface area contributed by atoms with Gasteiger partial charge in [-0.1, -0.05) is 24.3 Å². The van der Waals surface area contributed by atoms with E-state index in [0.717, 1.165) is 11.0 Å². The van der Waals surface area contributed by atoms with Gasteiger partial charge in [-0.3, -0.25) is 4.79 Å². The van der Waals surface area contributed by atoms with Gasteiger partial charge in [0.05, 0.1) is 28.8 Å². The fraction of sp³-hybridized carbons (Fsp3) is 0.667. The molecule has 2 aliphatic rings. The number of rotatable bonds is 5. The van der Waals surface area contributed by atoms with Crippen molar-refractivity contribution in [2.75, 3.05) is 0 Å². The van der Waals surface area contributed by atoms with Crippen LogP contribution in [-0.4, -0.2) is 47.7 Å². The van der Waals surface area contributed by atoms with Gasteiger partial charge in [0, 0.05) is 5.82 Å². The molecule has 0 aliphatic carbocycles. The third-order valence-corrected chi connectivity index (χ3v) is 6.90. The zero-order valence-electron chi connectivity index (χ0n) is 18.7. The van der Waals surface area contributed by atoms with Crippen molar-refractivity contribution in [3.8, 4) is 0 Å². The Morgan fingerprint density at radius 2 is 1.31 bits per heavy atom. The Bertz CT molecular complexity index is 757. The van der Waals surface area contributed by atoms with Crippen molar-refractivity contribution in [2.24, 2.45) is 0 Å². The normalized spacial score (nSPS) is 25.2. The first-order valence-corrected chi connectivity index (χ1v) is 10.2. The Morgan fingerprint density at radius 3 is 1.79 bits per heavy atom. The minimum absolute atomic E-state index is 0.118. The third kappa shape index (κ3) is 4.00. The van der Waals surface area contributed by atoms with E-state index in [1.807, 2.05) is 79.7 Å². The van der Waals surface area contributed by atoms with Crippen LogP contribution in [0.1, 0.15) is 73.2 Å². The van der Waals surface area contributed by atoms with E-state index in [2.05, 4.69) is 0 Å². The number of carboxylic acids is 1. The zero-order chi connectivity index (χ0) is 21.8. The maximum Gasteiger partial charge on any atom is 0.495 e. The largest absolute Gasteiger partial charge is 0.495 e. The molecule has 29 heavy (non-hydrogen) atoms. The van der Waals surface area contributed by atoms with E-state index in [1.54, 1.807) is 0 Å². The van der Waals surface area contributed by atoms with E-state index >= 15 is 0 Å². The van der Waals surface area contributed by atoms with Crippen LogP contribution in [0, 0.1) is 0 Å². The third-order valence-electron chi connectivity index (χ3n) is 6.90. The van der Waals surface area contributed by atoms with E-state index in [1.165, 1.54) is 0 Å². The van der Waals surface area contributed by atoms with Crippen LogP contribution in [0.2, 0.25) is 0 Å². The summed E-state index contributed by atoms with van der Waals surface area (Å²) in [4.78, 5) is 11.7. The maximum atomic E-state index is 11.7. The molecular formula is C21H32B2O6. The second-order valence-corrected chi connectivity index (χ2v) is 10.0. The van der Waals surface area contributed by atoms with E-state index < -0.39 is 48.4 Å². The second kappa shape index (κ2) is 7.12. The Morgan fingerprint density at radius 1 is 0.862 bits per heavy atom. The summed E-state index contributed by atoms with van der Waals surface area (Å²) >= 11 is 0. The summed E-state index contributed by atoms with van der Waals surface area (Å²) in [5.41, 5.74) is -0.449. The first-order chi connectivity index (χ1) is 13.2. The minimum atomic E-state index is -0.909. The number of hydrogen-bond donors (Lipinski definition) is 1. The van der Waals surface area contributed by atoms with Crippen molar-refractivity contribution in [3.63, 3.8) is 0 Å². The molecule has 0 amide bonds. The summed E-state index contributed by atoms with van der Waals surface area (Å²) in [5, 5.41) is 9.61. The van der Waals surface area contributed by atoms with Crippen LogP contribution in [0.25, 0.3) is 0 Å². The predicted molar refractivity (Wildman–Crippen MR) is 113 cm³/mol. The standard InChI is InChI=1S/C21H32B2O6/c1-18(2)19(3,4)27-22(26-18)15-12-10-9-11-14(15)16(13-17(24)25)23-28-20(5,6)21(7,8)29-23/h9-12,16H,13H2,1-8H3,(H,24,25). The average molecular weight is 402 g/mol. The molecule has 3 rings (SSSR count). The van der Waals surface area contributed by atoms with Crippen LogP contribution in [0.4, 0.5) is 0 Å². The molecule has 2 aliphatic heterocycles. The molecule has 0 saturated carbocycles. The van der Waals surface area contributed by atoms with Gasteiger partial charge >= 0.3 is 20.2 Å². The topological polar surface area (TPSA) is 74.2 Å². The molecule has 0 bridgehead atoms. The molecule has 0 aromatic heterocycles. The van der Waals surface area contributed by atoms with Crippen LogP contribution in [0.3, 0.4) is 0 Å². The van der Waals surface area contributed by atoms with Crippen LogP contribution in [0.15, 0.2) is 24.3 Å². The van der Waals surface area contributed by atoms with Crippen LogP contribution >= 0.6 is 0 Å². The van der Waals surface area contributed by atoms with Gasteiger partial charge in [-0.05, 0) is 66.4 Å². The first-order valence-electron chi connectivity index (χ1n) is 10.2.